The Kier molecular flexibility index (Phi) is 5.35. The summed E-state index contributed by atoms with van der Waals surface area (Å²) in [6, 6.07) is 0. The van der Waals surface area contributed by atoms with Gasteiger partial charge >= 0.3 is 5.69 Å². The molecule has 9 nitrogen and oxygen atoms in total. The lowest BCUT2D eigenvalue weighted by Gasteiger charge is -2.32. The lowest BCUT2D eigenvalue weighted by Crippen LogP contribution is -2.48. The van der Waals surface area contributed by atoms with Crippen LogP contribution < -0.4 is 11.2 Å². The van der Waals surface area contributed by atoms with Crippen LogP contribution in [-0.2, 0) is 30.1 Å². The van der Waals surface area contributed by atoms with E-state index in [1.807, 2.05) is 13.8 Å². The fraction of sp³-hybridized carbons (Fsp3) is 0.526. The molecule has 2 amide bonds. The molecule has 0 bridgehead atoms. The monoisotopic (exact) mass is 387 g/mol. The maximum Gasteiger partial charge on any atom is 0.332 e. The van der Waals surface area contributed by atoms with Crippen molar-refractivity contribution in [1.29, 1.82) is 0 Å². The maximum absolute atomic E-state index is 12.6. The van der Waals surface area contributed by atoms with Gasteiger partial charge in [0, 0.05) is 52.4 Å². The number of piperazine rings is 1. The quantitative estimate of drug-likeness (QED) is 0.658. The van der Waals surface area contributed by atoms with E-state index in [-0.39, 0.29) is 11.5 Å². The molecule has 0 radical (unpaired) electrons. The third-order valence-electron chi connectivity index (χ3n) is 5.58. The van der Waals surface area contributed by atoms with E-state index in [4.69, 9.17) is 0 Å². The number of hydrogen-bond donors (Lipinski definition) is 0. The predicted molar refractivity (Wildman–Crippen MR) is 104 cm³/mol. The molecular weight excluding hydrogens is 362 g/mol. The molecule has 0 atom stereocenters. The second-order valence-electron chi connectivity index (χ2n) is 7.23. The van der Waals surface area contributed by atoms with Crippen molar-refractivity contribution in [1.82, 2.24) is 23.9 Å². The molecule has 1 aliphatic rings. The fourth-order valence-corrected chi connectivity index (χ4v) is 3.78. The van der Waals surface area contributed by atoms with Gasteiger partial charge in [0.15, 0.2) is 0 Å². The number of nitrogens with zero attached hydrogens (tertiary/aromatic N) is 5. The Labute approximate surface area is 162 Å². The molecule has 3 heterocycles. The van der Waals surface area contributed by atoms with Crippen molar-refractivity contribution in [3.63, 3.8) is 0 Å². The zero-order chi connectivity index (χ0) is 20.6. The van der Waals surface area contributed by atoms with Crippen molar-refractivity contribution >= 4 is 23.4 Å². The summed E-state index contributed by atoms with van der Waals surface area (Å²) in [4.78, 5) is 56.1. The molecule has 3 rings (SSSR count). The van der Waals surface area contributed by atoms with Crippen molar-refractivity contribution in [2.24, 2.45) is 14.1 Å². The zero-order valence-electron chi connectivity index (χ0n) is 16.7. The topological polar surface area (TPSA) is 97.5 Å². The van der Waals surface area contributed by atoms with Crippen molar-refractivity contribution in [3.05, 3.63) is 37.7 Å². The molecule has 28 heavy (non-hydrogen) atoms. The van der Waals surface area contributed by atoms with Crippen LogP contribution >= 0.6 is 0 Å². The van der Waals surface area contributed by atoms with Gasteiger partial charge in [0.2, 0.25) is 12.3 Å². The molecule has 1 saturated heterocycles. The van der Waals surface area contributed by atoms with E-state index in [1.54, 1.807) is 16.8 Å². The third kappa shape index (κ3) is 3.32. The van der Waals surface area contributed by atoms with Crippen LogP contribution in [0.2, 0.25) is 0 Å². The van der Waals surface area contributed by atoms with Gasteiger partial charge in [0.25, 0.3) is 5.56 Å². The molecule has 0 unspecified atom stereocenters. The summed E-state index contributed by atoms with van der Waals surface area (Å²) in [5.74, 6) is 0.0258. The van der Waals surface area contributed by atoms with Crippen molar-refractivity contribution in [3.8, 4) is 0 Å². The Morgan fingerprint density at radius 3 is 2.32 bits per heavy atom. The van der Waals surface area contributed by atoms with Crippen LogP contribution in [0.1, 0.15) is 23.2 Å². The number of carbonyl (C=O) groups is 2. The summed E-state index contributed by atoms with van der Waals surface area (Å²) in [5.41, 5.74) is 1.91. The first-order valence-electron chi connectivity index (χ1n) is 9.29. The van der Waals surface area contributed by atoms with E-state index >= 15 is 0 Å². The Morgan fingerprint density at radius 1 is 1.07 bits per heavy atom. The summed E-state index contributed by atoms with van der Waals surface area (Å²) >= 11 is 0. The summed E-state index contributed by atoms with van der Waals surface area (Å²) in [6.45, 7) is 5.84. The summed E-state index contributed by atoms with van der Waals surface area (Å²) in [7, 11) is 3.05. The Balaban J connectivity index is 1.88. The van der Waals surface area contributed by atoms with Crippen molar-refractivity contribution in [2.75, 3.05) is 26.2 Å². The van der Waals surface area contributed by atoms with Gasteiger partial charge in [0.05, 0.1) is 5.39 Å². The van der Waals surface area contributed by atoms with E-state index in [2.05, 4.69) is 4.98 Å². The average molecular weight is 387 g/mol. The zero-order valence-corrected chi connectivity index (χ0v) is 16.7. The minimum Gasteiger partial charge on any atom is -0.342 e. The molecule has 0 spiro atoms. The molecule has 0 aliphatic carbocycles. The molecule has 1 fully saturated rings. The molecule has 0 N–H and O–H groups in total. The minimum atomic E-state index is -0.416. The minimum absolute atomic E-state index is 0.0258. The second-order valence-corrected chi connectivity index (χ2v) is 7.23. The van der Waals surface area contributed by atoms with Gasteiger partial charge in [-0.25, -0.2) is 9.78 Å². The molecule has 0 saturated carbocycles. The first-order valence-corrected chi connectivity index (χ1v) is 9.29. The molecule has 1 aliphatic heterocycles. The number of rotatable bonds is 4. The van der Waals surface area contributed by atoms with Gasteiger partial charge in [-0.2, -0.15) is 0 Å². The highest BCUT2D eigenvalue weighted by Gasteiger charge is 2.22. The van der Waals surface area contributed by atoms with Crippen LogP contribution in [-0.4, -0.2) is 62.4 Å². The highest BCUT2D eigenvalue weighted by Crippen LogP contribution is 2.21. The first kappa shape index (κ1) is 19.8. The van der Waals surface area contributed by atoms with Crippen molar-refractivity contribution in [2.45, 2.75) is 26.7 Å². The van der Waals surface area contributed by atoms with Crippen LogP contribution in [0.25, 0.3) is 11.0 Å². The van der Waals surface area contributed by atoms with E-state index in [1.165, 1.54) is 11.6 Å². The highest BCUT2D eigenvalue weighted by molar-refractivity contribution is 5.81. The number of aryl methyl sites for hydroxylation is 3. The third-order valence-corrected chi connectivity index (χ3v) is 5.58. The molecule has 2 aromatic heterocycles. The van der Waals surface area contributed by atoms with Gasteiger partial charge in [-0.1, -0.05) is 0 Å². The highest BCUT2D eigenvalue weighted by atomic mass is 16.2. The maximum atomic E-state index is 12.6. The standard InChI is InChI=1S/C19H25N5O4/c1-12-14(5-6-15(26)24-9-7-23(11-25)8-10-24)13(2)20-17-16(12)18(27)22(4)19(28)21(17)3/h11H,5-10H2,1-4H3. The normalized spacial score (nSPS) is 14.6. The van der Waals surface area contributed by atoms with E-state index in [9.17, 15) is 19.2 Å². The molecule has 2 aromatic rings. The van der Waals surface area contributed by atoms with Gasteiger partial charge in [-0.05, 0) is 31.4 Å². The van der Waals surface area contributed by atoms with Gasteiger partial charge in [-0.15, -0.1) is 0 Å². The second kappa shape index (κ2) is 7.57. The smallest absolute Gasteiger partial charge is 0.332 e. The van der Waals surface area contributed by atoms with Crippen LogP contribution in [0.4, 0.5) is 0 Å². The average Bonchev–Trinajstić information content (AvgIpc) is 2.70. The Bertz CT molecular complexity index is 1060. The number of aromatic nitrogens is 3. The number of amides is 2. The molecule has 150 valence electrons. The van der Waals surface area contributed by atoms with E-state index in [0.29, 0.717) is 55.7 Å². The van der Waals surface area contributed by atoms with Gasteiger partial charge in [-0.3, -0.25) is 23.5 Å². The first-order chi connectivity index (χ1) is 13.3. The molecule has 9 heteroatoms. The summed E-state index contributed by atoms with van der Waals surface area (Å²) in [5, 5.41) is 0.414. The van der Waals surface area contributed by atoms with E-state index in [0.717, 1.165) is 22.1 Å². The lowest BCUT2D eigenvalue weighted by molar-refractivity contribution is -0.135. The van der Waals surface area contributed by atoms with Crippen LogP contribution in [0, 0.1) is 13.8 Å². The molecule has 0 aromatic carbocycles. The number of fused-ring (bicyclic) bond motifs is 1. The Hall–Kier alpha value is -2.97. The van der Waals surface area contributed by atoms with Crippen LogP contribution in [0.3, 0.4) is 0 Å². The van der Waals surface area contributed by atoms with Crippen molar-refractivity contribution < 1.29 is 9.59 Å². The van der Waals surface area contributed by atoms with E-state index < -0.39 is 5.69 Å². The summed E-state index contributed by atoms with van der Waals surface area (Å²) in [6.07, 6.45) is 1.59. The number of hydrogen-bond acceptors (Lipinski definition) is 5. The SMILES string of the molecule is Cc1nc2c(c(C)c1CCC(=O)N1CCN(C=O)CC1)c(=O)n(C)c(=O)n2C. The predicted octanol–water partition coefficient (Wildman–Crippen LogP) is -0.518. The largest absolute Gasteiger partial charge is 0.342 e. The number of carbonyl (C=O) groups excluding carboxylic acids is 2. The van der Waals surface area contributed by atoms with Gasteiger partial charge < -0.3 is 9.80 Å². The lowest BCUT2D eigenvalue weighted by atomic mass is 9.99. The van der Waals surface area contributed by atoms with Crippen LogP contribution in [0.15, 0.2) is 9.59 Å². The summed E-state index contributed by atoms with van der Waals surface area (Å²) < 4.78 is 2.45. The Morgan fingerprint density at radius 2 is 1.71 bits per heavy atom. The molecular formula is C19H25N5O4. The number of pyridine rings is 1. The van der Waals surface area contributed by atoms with Crippen LogP contribution in [0.5, 0.6) is 0 Å². The van der Waals surface area contributed by atoms with Gasteiger partial charge in [0.1, 0.15) is 5.65 Å². The fourth-order valence-electron chi connectivity index (χ4n) is 3.78.